The van der Waals surface area contributed by atoms with Crippen molar-refractivity contribution in [3.8, 4) is 0 Å². The zero-order valence-corrected chi connectivity index (χ0v) is 9.70. The van der Waals surface area contributed by atoms with Gasteiger partial charge in [-0.3, -0.25) is 4.72 Å². The highest BCUT2D eigenvalue weighted by atomic mass is 32.2. The molecule has 2 N–H and O–H groups in total. The summed E-state index contributed by atoms with van der Waals surface area (Å²) in [5, 5.41) is 9.07. The van der Waals surface area contributed by atoms with Crippen LogP contribution < -0.4 is 4.72 Å². The average Bonchev–Trinajstić information content (AvgIpc) is 3.01. The van der Waals surface area contributed by atoms with Crippen molar-refractivity contribution in [1.82, 2.24) is 0 Å². The second kappa shape index (κ2) is 4.43. The van der Waals surface area contributed by atoms with Gasteiger partial charge in [0.25, 0.3) is 0 Å². The standard InChI is InChI=1S/C11H15NO3S/c13-7-10-3-1-2-4-11(10)12-16(14,15)8-9-5-6-9/h1-4,9,12-13H,5-8H2. The van der Waals surface area contributed by atoms with Crippen LogP contribution in [0.2, 0.25) is 0 Å². The van der Waals surface area contributed by atoms with Crippen molar-refractivity contribution in [3.05, 3.63) is 29.8 Å². The Labute approximate surface area is 95.4 Å². The van der Waals surface area contributed by atoms with Crippen molar-refractivity contribution in [1.29, 1.82) is 0 Å². The van der Waals surface area contributed by atoms with Gasteiger partial charge < -0.3 is 5.11 Å². The first-order valence-electron chi connectivity index (χ1n) is 5.30. The molecule has 0 bridgehead atoms. The molecule has 1 aliphatic carbocycles. The van der Waals surface area contributed by atoms with Crippen LogP contribution in [0.5, 0.6) is 0 Å². The normalized spacial score (nSPS) is 16.1. The molecular formula is C11H15NO3S. The number of aliphatic hydroxyl groups is 1. The molecule has 0 radical (unpaired) electrons. The van der Waals surface area contributed by atoms with Crippen LogP contribution in [-0.4, -0.2) is 19.3 Å². The number of nitrogens with one attached hydrogen (secondary N) is 1. The Balaban J connectivity index is 2.12. The predicted octanol–water partition coefficient (Wildman–Crippen LogP) is 1.33. The first-order chi connectivity index (χ1) is 7.61. The zero-order chi connectivity index (χ0) is 11.6. The fourth-order valence-electron chi connectivity index (χ4n) is 1.56. The lowest BCUT2D eigenvalue weighted by Crippen LogP contribution is -2.18. The maximum Gasteiger partial charge on any atom is 0.233 e. The molecule has 88 valence electrons. The molecule has 0 aromatic heterocycles. The van der Waals surface area contributed by atoms with E-state index >= 15 is 0 Å². The summed E-state index contributed by atoms with van der Waals surface area (Å²) in [6.45, 7) is -0.165. The first-order valence-corrected chi connectivity index (χ1v) is 6.95. The lowest BCUT2D eigenvalue weighted by atomic mass is 10.2. The quantitative estimate of drug-likeness (QED) is 0.817. The number of para-hydroxylation sites is 1. The zero-order valence-electron chi connectivity index (χ0n) is 8.89. The van der Waals surface area contributed by atoms with Gasteiger partial charge >= 0.3 is 0 Å². The van der Waals surface area contributed by atoms with Gasteiger partial charge in [0, 0.05) is 5.56 Å². The average molecular weight is 241 g/mol. The maximum atomic E-state index is 11.7. The monoisotopic (exact) mass is 241 g/mol. The van der Waals surface area contributed by atoms with Crippen LogP contribution >= 0.6 is 0 Å². The van der Waals surface area contributed by atoms with Crippen LogP contribution in [0, 0.1) is 5.92 Å². The summed E-state index contributed by atoms with van der Waals surface area (Å²) in [5.41, 5.74) is 1.08. The number of sulfonamides is 1. The number of aliphatic hydroxyl groups excluding tert-OH is 1. The third-order valence-electron chi connectivity index (χ3n) is 2.61. The van der Waals surface area contributed by atoms with Gasteiger partial charge in [0.1, 0.15) is 0 Å². The predicted molar refractivity (Wildman–Crippen MR) is 62.5 cm³/mol. The van der Waals surface area contributed by atoms with Gasteiger partial charge in [-0.25, -0.2) is 8.42 Å². The highest BCUT2D eigenvalue weighted by Crippen LogP contribution is 2.31. The third-order valence-corrected chi connectivity index (χ3v) is 4.05. The Bertz CT molecular complexity index is 466. The van der Waals surface area contributed by atoms with Crippen molar-refractivity contribution >= 4 is 15.7 Å². The number of hydrogen-bond donors (Lipinski definition) is 2. The van der Waals surface area contributed by atoms with Crippen molar-refractivity contribution < 1.29 is 13.5 Å². The molecule has 1 saturated carbocycles. The smallest absolute Gasteiger partial charge is 0.233 e. The summed E-state index contributed by atoms with van der Waals surface area (Å²) in [6.07, 6.45) is 2.01. The Kier molecular flexibility index (Phi) is 3.16. The Morgan fingerprint density at radius 1 is 1.31 bits per heavy atom. The van der Waals surface area contributed by atoms with E-state index in [0.717, 1.165) is 12.8 Å². The SMILES string of the molecule is O=S(=O)(CC1CC1)Nc1ccccc1CO. The highest BCUT2D eigenvalue weighted by Gasteiger charge is 2.28. The van der Waals surface area contributed by atoms with Crippen LogP contribution in [0.3, 0.4) is 0 Å². The molecule has 2 rings (SSSR count). The minimum absolute atomic E-state index is 0.165. The summed E-state index contributed by atoms with van der Waals surface area (Å²) in [5.74, 6) is 0.506. The Morgan fingerprint density at radius 3 is 2.62 bits per heavy atom. The number of anilines is 1. The Hall–Kier alpha value is -1.07. The van der Waals surface area contributed by atoms with Gasteiger partial charge in [0.2, 0.25) is 10.0 Å². The summed E-state index contributed by atoms with van der Waals surface area (Å²) >= 11 is 0. The molecule has 1 aromatic rings. The van der Waals surface area contributed by atoms with Crippen molar-refractivity contribution in [2.75, 3.05) is 10.5 Å². The molecule has 1 aromatic carbocycles. The second-order valence-corrected chi connectivity index (χ2v) is 5.91. The minimum Gasteiger partial charge on any atom is -0.392 e. The second-order valence-electron chi connectivity index (χ2n) is 4.14. The van der Waals surface area contributed by atoms with Gasteiger partial charge in [0.05, 0.1) is 18.0 Å². The fraction of sp³-hybridized carbons (Fsp3) is 0.455. The molecule has 0 amide bonds. The minimum atomic E-state index is -3.27. The lowest BCUT2D eigenvalue weighted by molar-refractivity contribution is 0.282. The molecule has 0 unspecified atom stereocenters. The summed E-state index contributed by atoms with van der Waals surface area (Å²) < 4.78 is 26.0. The summed E-state index contributed by atoms with van der Waals surface area (Å²) in [4.78, 5) is 0. The van der Waals surface area contributed by atoms with Crippen LogP contribution in [0.15, 0.2) is 24.3 Å². The molecule has 16 heavy (non-hydrogen) atoms. The molecule has 0 saturated heterocycles. The van der Waals surface area contributed by atoms with Gasteiger partial charge in [-0.2, -0.15) is 0 Å². The summed E-state index contributed by atoms with van der Waals surface area (Å²) in [6, 6.07) is 6.88. The van der Waals surface area contributed by atoms with Crippen LogP contribution in [-0.2, 0) is 16.6 Å². The van der Waals surface area contributed by atoms with E-state index < -0.39 is 10.0 Å². The van der Waals surface area contributed by atoms with Gasteiger partial charge in [-0.1, -0.05) is 18.2 Å². The summed E-state index contributed by atoms with van der Waals surface area (Å²) in [7, 11) is -3.27. The number of benzene rings is 1. The highest BCUT2D eigenvalue weighted by molar-refractivity contribution is 7.92. The van der Waals surface area contributed by atoms with Crippen molar-refractivity contribution in [2.24, 2.45) is 5.92 Å². The number of hydrogen-bond acceptors (Lipinski definition) is 3. The van der Waals surface area contributed by atoms with E-state index in [4.69, 9.17) is 5.11 Å². The topological polar surface area (TPSA) is 66.4 Å². The Morgan fingerprint density at radius 2 is 2.00 bits per heavy atom. The molecule has 0 aliphatic heterocycles. The third kappa shape index (κ3) is 2.96. The van der Waals surface area contributed by atoms with Crippen LogP contribution in [0.1, 0.15) is 18.4 Å². The van der Waals surface area contributed by atoms with E-state index in [1.807, 2.05) is 0 Å². The van der Waals surface area contributed by atoms with Gasteiger partial charge in [-0.05, 0) is 24.8 Å². The van der Waals surface area contributed by atoms with Crippen molar-refractivity contribution in [2.45, 2.75) is 19.4 Å². The molecular weight excluding hydrogens is 226 g/mol. The lowest BCUT2D eigenvalue weighted by Gasteiger charge is -2.10. The molecule has 4 nitrogen and oxygen atoms in total. The largest absolute Gasteiger partial charge is 0.392 e. The van der Waals surface area contributed by atoms with Crippen LogP contribution in [0.25, 0.3) is 0 Å². The van der Waals surface area contributed by atoms with Crippen LogP contribution in [0.4, 0.5) is 5.69 Å². The van der Waals surface area contributed by atoms with Gasteiger partial charge in [-0.15, -0.1) is 0 Å². The van der Waals surface area contributed by atoms with E-state index in [2.05, 4.69) is 4.72 Å². The van der Waals surface area contributed by atoms with E-state index in [9.17, 15) is 8.42 Å². The van der Waals surface area contributed by atoms with Gasteiger partial charge in [0.15, 0.2) is 0 Å². The molecule has 1 aliphatic rings. The van der Waals surface area contributed by atoms with E-state index in [1.54, 1.807) is 24.3 Å². The molecule has 0 spiro atoms. The van der Waals surface area contributed by atoms with E-state index in [0.29, 0.717) is 17.2 Å². The molecule has 1 fully saturated rings. The molecule has 0 heterocycles. The van der Waals surface area contributed by atoms with E-state index in [-0.39, 0.29) is 12.4 Å². The molecule has 0 atom stereocenters. The first kappa shape index (κ1) is 11.4. The molecule has 5 heteroatoms. The maximum absolute atomic E-state index is 11.7. The number of rotatable bonds is 5. The fourth-order valence-corrected chi connectivity index (χ4v) is 3.13. The van der Waals surface area contributed by atoms with E-state index in [1.165, 1.54) is 0 Å². The van der Waals surface area contributed by atoms with Crippen molar-refractivity contribution in [3.63, 3.8) is 0 Å².